The molecule has 1 atom stereocenters. The standard InChI is InChI=1S/C15H17N5O2/c1-20-7-6-16-9-12(20)15-17-14(22-19-15)8-11-10-4-2-3-5-13(10)21-18-11/h2-5,12,16H,6-9H2,1H3. The van der Waals surface area contributed by atoms with Gasteiger partial charge in [0, 0.05) is 25.0 Å². The average molecular weight is 299 g/mol. The van der Waals surface area contributed by atoms with E-state index in [9.17, 15) is 0 Å². The number of benzene rings is 1. The number of nitrogens with one attached hydrogen (secondary N) is 1. The minimum atomic E-state index is 0.153. The normalized spacial score (nSPS) is 19.8. The van der Waals surface area contributed by atoms with Crippen LogP contribution in [0.5, 0.6) is 0 Å². The van der Waals surface area contributed by atoms with E-state index in [1.54, 1.807) is 0 Å². The molecule has 1 aliphatic rings. The number of likely N-dealkylation sites (N-methyl/N-ethyl adjacent to an activating group) is 1. The van der Waals surface area contributed by atoms with Crippen LogP contribution in [0.2, 0.25) is 0 Å². The van der Waals surface area contributed by atoms with Gasteiger partial charge in [-0.15, -0.1) is 0 Å². The van der Waals surface area contributed by atoms with Gasteiger partial charge in [-0.1, -0.05) is 22.4 Å². The molecule has 3 heterocycles. The second-order valence-corrected chi connectivity index (χ2v) is 5.55. The summed E-state index contributed by atoms with van der Waals surface area (Å²) >= 11 is 0. The molecule has 0 bridgehead atoms. The Bertz CT molecular complexity index is 781. The molecule has 1 saturated heterocycles. The number of fused-ring (bicyclic) bond motifs is 1. The van der Waals surface area contributed by atoms with E-state index in [-0.39, 0.29) is 6.04 Å². The number of aromatic nitrogens is 3. The second kappa shape index (κ2) is 5.51. The van der Waals surface area contributed by atoms with Crippen LogP contribution in [0.15, 0.2) is 33.3 Å². The maximum atomic E-state index is 5.39. The van der Waals surface area contributed by atoms with Gasteiger partial charge in [-0.3, -0.25) is 4.90 Å². The summed E-state index contributed by atoms with van der Waals surface area (Å²) in [5, 5.41) is 12.6. The quantitative estimate of drug-likeness (QED) is 0.782. The van der Waals surface area contributed by atoms with E-state index < -0.39 is 0 Å². The Morgan fingerprint density at radius 3 is 3.09 bits per heavy atom. The van der Waals surface area contributed by atoms with E-state index in [1.165, 1.54) is 0 Å². The summed E-state index contributed by atoms with van der Waals surface area (Å²) in [6.07, 6.45) is 0.480. The molecule has 2 aromatic heterocycles. The molecule has 0 radical (unpaired) electrons. The van der Waals surface area contributed by atoms with E-state index in [4.69, 9.17) is 9.05 Å². The zero-order valence-corrected chi connectivity index (χ0v) is 12.3. The SMILES string of the molecule is CN1CCNCC1c1noc(Cc2noc3ccccc23)n1. The summed E-state index contributed by atoms with van der Waals surface area (Å²) in [7, 11) is 2.08. The van der Waals surface area contributed by atoms with Crippen LogP contribution in [0.4, 0.5) is 0 Å². The topological polar surface area (TPSA) is 80.2 Å². The van der Waals surface area contributed by atoms with Gasteiger partial charge in [0.15, 0.2) is 11.4 Å². The summed E-state index contributed by atoms with van der Waals surface area (Å²) in [5.74, 6) is 1.28. The first-order chi connectivity index (χ1) is 10.8. The van der Waals surface area contributed by atoms with E-state index in [0.29, 0.717) is 12.3 Å². The van der Waals surface area contributed by atoms with Crippen molar-refractivity contribution in [3.05, 3.63) is 41.7 Å². The molecule has 7 heteroatoms. The van der Waals surface area contributed by atoms with Crippen molar-refractivity contribution in [3.63, 3.8) is 0 Å². The molecule has 1 aromatic carbocycles. The van der Waals surface area contributed by atoms with E-state index >= 15 is 0 Å². The minimum Gasteiger partial charge on any atom is -0.356 e. The lowest BCUT2D eigenvalue weighted by Crippen LogP contribution is -2.44. The Morgan fingerprint density at radius 1 is 1.27 bits per heavy atom. The van der Waals surface area contributed by atoms with Gasteiger partial charge in [-0.05, 0) is 19.2 Å². The summed E-state index contributed by atoms with van der Waals surface area (Å²) in [4.78, 5) is 6.76. The lowest BCUT2D eigenvalue weighted by atomic mass is 10.1. The highest BCUT2D eigenvalue weighted by atomic mass is 16.5. The smallest absolute Gasteiger partial charge is 0.232 e. The zero-order valence-electron chi connectivity index (χ0n) is 12.3. The van der Waals surface area contributed by atoms with Gasteiger partial charge in [0.25, 0.3) is 0 Å². The Balaban J connectivity index is 1.57. The molecule has 3 aromatic rings. The van der Waals surface area contributed by atoms with Crippen molar-refractivity contribution in [2.24, 2.45) is 0 Å². The monoisotopic (exact) mass is 299 g/mol. The van der Waals surface area contributed by atoms with Crippen molar-refractivity contribution in [3.8, 4) is 0 Å². The van der Waals surface area contributed by atoms with Crippen molar-refractivity contribution in [2.75, 3.05) is 26.7 Å². The third-order valence-corrected chi connectivity index (χ3v) is 4.06. The minimum absolute atomic E-state index is 0.153. The average Bonchev–Trinajstić information content (AvgIpc) is 3.16. The van der Waals surface area contributed by atoms with Gasteiger partial charge in [0.2, 0.25) is 5.89 Å². The van der Waals surface area contributed by atoms with Gasteiger partial charge in [0.1, 0.15) is 5.69 Å². The number of piperazine rings is 1. The van der Waals surface area contributed by atoms with Gasteiger partial charge in [-0.25, -0.2) is 0 Å². The third kappa shape index (κ3) is 2.38. The molecule has 0 spiro atoms. The zero-order chi connectivity index (χ0) is 14.9. The molecular formula is C15H17N5O2. The first-order valence-corrected chi connectivity index (χ1v) is 7.38. The van der Waals surface area contributed by atoms with Crippen molar-refractivity contribution < 1.29 is 9.05 Å². The van der Waals surface area contributed by atoms with Gasteiger partial charge < -0.3 is 14.4 Å². The highest BCUT2D eigenvalue weighted by Gasteiger charge is 2.25. The predicted molar refractivity (Wildman–Crippen MR) is 79.4 cm³/mol. The highest BCUT2D eigenvalue weighted by Crippen LogP contribution is 2.22. The molecule has 114 valence electrons. The van der Waals surface area contributed by atoms with E-state index in [2.05, 4.69) is 32.6 Å². The van der Waals surface area contributed by atoms with Crippen LogP contribution >= 0.6 is 0 Å². The predicted octanol–water partition coefficient (Wildman–Crippen LogP) is 1.38. The Hall–Kier alpha value is -2.25. The fraction of sp³-hybridized carbons (Fsp3) is 0.400. The Kier molecular flexibility index (Phi) is 3.36. The van der Waals surface area contributed by atoms with E-state index in [0.717, 1.165) is 42.1 Å². The van der Waals surface area contributed by atoms with Crippen LogP contribution in [-0.2, 0) is 6.42 Å². The Labute approximate surface area is 127 Å². The molecule has 1 N–H and O–H groups in total. The number of para-hydroxylation sites is 1. The molecule has 0 aliphatic carbocycles. The summed E-state index contributed by atoms with van der Waals surface area (Å²) < 4.78 is 10.7. The number of nitrogens with zero attached hydrogens (tertiary/aromatic N) is 4. The molecule has 7 nitrogen and oxygen atoms in total. The highest BCUT2D eigenvalue weighted by molar-refractivity contribution is 5.79. The third-order valence-electron chi connectivity index (χ3n) is 4.06. The lowest BCUT2D eigenvalue weighted by molar-refractivity contribution is 0.190. The molecule has 0 saturated carbocycles. The molecule has 22 heavy (non-hydrogen) atoms. The molecule has 1 fully saturated rings. The van der Waals surface area contributed by atoms with Gasteiger partial charge in [0.05, 0.1) is 12.5 Å². The fourth-order valence-electron chi connectivity index (χ4n) is 2.78. The number of rotatable bonds is 3. The molecule has 0 amide bonds. The molecule has 1 aliphatic heterocycles. The summed E-state index contributed by atoms with van der Waals surface area (Å²) in [5.41, 5.74) is 1.59. The Morgan fingerprint density at radius 2 is 2.18 bits per heavy atom. The fourth-order valence-corrected chi connectivity index (χ4v) is 2.78. The van der Waals surface area contributed by atoms with Crippen LogP contribution in [0.3, 0.4) is 0 Å². The van der Waals surface area contributed by atoms with Crippen molar-refractivity contribution in [1.82, 2.24) is 25.5 Å². The van der Waals surface area contributed by atoms with Crippen molar-refractivity contribution in [2.45, 2.75) is 12.5 Å². The van der Waals surface area contributed by atoms with Crippen LogP contribution in [0, 0.1) is 0 Å². The van der Waals surface area contributed by atoms with Crippen LogP contribution in [-0.4, -0.2) is 46.9 Å². The summed E-state index contributed by atoms with van der Waals surface area (Å²) in [6, 6.07) is 7.92. The summed E-state index contributed by atoms with van der Waals surface area (Å²) in [6.45, 7) is 2.80. The van der Waals surface area contributed by atoms with E-state index in [1.807, 2.05) is 24.3 Å². The maximum absolute atomic E-state index is 5.39. The molecule has 4 rings (SSSR count). The molecule has 1 unspecified atom stereocenters. The van der Waals surface area contributed by atoms with Crippen LogP contribution in [0.1, 0.15) is 23.5 Å². The first kappa shape index (κ1) is 13.4. The lowest BCUT2D eigenvalue weighted by Gasteiger charge is -2.30. The van der Waals surface area contributed by atoms with Crippen LogP contribution < -0.4 is 5.32 Å². The first-order valence-electron chi connectivity index (χ1n) is 7.38. The van der Waals surface area contributed by atoms with Crippen LogP contribution in [0.25, 0.3) is 11.0 Å². The van der Waals surface area contributed by atoms with Gasteiger partial charge in [-0.2, -0.15) is 4.98 Å². The number of hydrogen-bond donors (Lipinski definition) is 1. The molecular weight excluding hydrogens is 282 g/mol. The largest absolute Gasteiger partial charge is 0.356 e. The van der Waals surface area contributed by atoms with Crippen molar-refractivity contribution in [1.29, 1.82) is 0 Å². The maximum Gasteiger partial charge on any atom is 0.232 e. The second-order valence-electron chi connectivity index (χ2n) is 5.55. The van der Waals surface area contributed by atoms with Gasteiger partial charge >= 0.3 is 0 Å². The number of hydrogen-bond acceptors (Lipinski definition) is 7. The van der Waals surface area contributed by atoms with Crippen molar-refractivity contribution >= 4 is 11.0 Å².